The van der Waals surface area contributed by atoms with Crippen LogP contribution in [0.25, 0.3) is 55.6 Å². The van der Waals surface area contributed by atoms with Gasteiger partial charge < -0.3 is 0 Å². The molecule has 1 atom stereocenters. The van der Waals surface area contributed by atoms with E-state index in [0.29, 0.717) is 42.8 Å². The first-order valence-corrected chi connectivity index (χ1v) is 32.0. The van der Waals surface area contributed by atoms with Gasteiger partial charge in [0.1, 0.15) is 0 Å². The molecule has 0 bridgehead atoms. The number of aryl methyl sites for hydroxylation is 4. The molecule has 0 saturated heterocycles. The van der Waals surface area contributed by atoms with Gasteiger partial charge in [-0.1, -0.05) is 13.3 Å². The summed E-state index contributed by atoms with van der Waals surface area (Å²) in [6, 6.07) is 2.47. The van der Waals surface area contributed by atoms with Gasteiger partial charge in [-0.05, 0) is 101 Å². The zero-order chi connectivity index (χ0) is 91.2. The van der Waals surface area contributed by atoms with Crippen molar-refractivity contribution < 1.29 is 206 Å². The first-order chi connectivity index (χ1) is 54.2. The Labute approximate surface area is 634 Å². The fraction of sp³-hybridized carbons (Fsp3) is 0.130. The van der Waals surface area contributed by atoms with Crippen molar-refractivity contribution in [3.05, 3.63) is 291 Å². The minimum atomic E-state index is -5.37. The molecule has 2 nitrogen and oxygen atoms in total. The Morgan fingerprint density at radius 1 is 0.246 bits per heavy atom. The summed E-state index contributed by atoms with van der Waals surface area (Å²) in [5.74, 6) is -87.6. The molecule has 0 spiro atoms. The van der Waals surface area contributed by atoms with E-state index in [4.69, 9.17) is 7.96 Å². The fourth-order valence-corrected chi connectivity index (χ4v) is 9.72. The van der Waals surface area contributed by atoms with E-state index in [1.165, 1.54) is 0 Å². The standard InChI is InChI=1S/4C13H4F8.C12H2F8.C5H8F5P.Al.H2O.O/c4*1-3-2-4(7(15)10(18)6(3)14)5-8(16)11(19)13(21)12(20)9(5)17;13-4-2-1-3(6(14)7(4)15)5-8(16)10(18)12(20)11(19)9(5)17;1-2-3-11-5(9,10)4(6,7)8;;;/h4*2H,1H3;1-2H;11H,2-3H2,1H3;;1H2;/q;;;;;;+1;;/p-1. The van der Waals surface area contributed by atoms with E-state index in [1.807, 2.05) is 0 Å². The van der Waals surface area contributed by atoms with Gasteiger partial charge in [-0.15, -0.1) is 0 Å². The second-order valence-corrected chi connectivity index (χ2v) is 24.0. The van der Waals surface area contributed by atoms with Crippen molar-refractivity contribution in [1.82, 2.24) is 0 Å². The zero-order valence-electron chi connectivity index (χ0n) is 56.8. The van der Waals surface area contributed by atoms with Gasteiger partial charge >= 0.3 is 35.3 Å². The predicted octanol–water partition coefficient (Wildman–Crippen LogP) is 25.7. The summed E-state index contributed by atoms with van der Waals surface area (Å²) >= 11 is -1.50. The van der Waals surface area contributed by atoms with E-state index in [-0.39, 0.29) is 6.16 Å². The third-order valence-electron chi connectivity index (χ3n) is 14.7. The summed E-state index contributed by atoms with van der Waals surface area (Å²) in [4.78, 5) is 0. The Morgan fingerprint density at radius 3 is 0.568 bits per heavy atom. The van der Waals surface area contributed by atoms with Crippen LogP contribution in [0, 0.1) is 260 Å². The van der Waals surface area contributed by atoms with Crippen LogP contribution in [-0.4, -0.2) is 37.6 Å². The van der Waals surface area contributed by atoms with Crippen LogP contribution in [0.1, 0.15) is 35.6 Å². The summed E-state index contributed by atoms with van der Waals surface area (Å²) in [7, 11) is -1.35. The van der Waals surface area contributed by atoms with Crippen molar-refractivity contribution in [3.8, 4) is 55.6 Å². The molecule has 0 aromatic heterocycles. The van der Waals surface area contributed by atoms with Crippen LogP contribution in [0.15, 0.2) is 36.4 Å². The first-order valence-electron chi connectivity index (χ1n) is 29.8. The molecule has 10 rings (SSSR count). The van der Waals surface area contributed by atoms with E-state index in [1.54, 1.807) is 6.92 Å². The number of halogens is 45. The molecule has 49 heteroatoms. The van der Waals surface area contributed by atoms with Gasteiger partial charge in [0, 0.05) is 27.8 Å². The Kier molecular flexibility index (Phi) is 33.4. The molecule has 0 radical (unpaired) electrons. The number of hydrogen-bond acceptors (Lipinski definition) is 1. The van der Waals surface area contributed by atoms with Crippen LogP contribution in [0.5, 0.6) is 0 Å². The molecule has 0 aliphatic carbocycles. The Bertz CT molecular complexity index is 4910. The van der Waals surface area contributed by atoms with Crippen molar-refractivity contribution in [2.45, 2.75) is 52.9 Å². The summed E-state index contributed by atoms with van der Waals surface area (Å²) in [6.07, 6.45) is -5.10. The maximum absolute atomic E-state index is 13.6. The Morgan fingerprint density at radius 2 is 0.398 bits per heavy atom. The third kappa shape index (κ3) is 20.0. The summed E-state index contributed by atoms with van der Waals surface area (Å²) in [5, 5.41) is 0. The normalized spacial score (nSPS) is 11.2. The minimum absolute atomic E-state index is 0.0769. The van der Waals surface area contributed by atoms with Crippen LogP contribution < -0.4 is 0 Å². The third-order valence-corrected chi connectivity index (χ3v) is 16.2. The summed E-state index contributed by atoms with van der Waals surface area (Å²) in [6.45, 7) is 5.32. The monoisotopic (exact) mass is 1800 g/mol. The van der Waals surface area contributed by atoms with E-state index in [0.717, 1.165) is 27.7 Å². The quantitative estimate of drug-likeness (QED) is 0.0541. The molecular formula is C69H27AlF45O2P. The predicted molar refractivity (Wildman–Crippen MR) is 320 cm³/mol. The molecule has 0 heterocycles. The number of rotatable bonds is 8. The van der Waals surface area contributed by atoms with Crippen molar-refractivity contribution >= 4 is 24.1 Å². The Balaban J connectivity index is 0.000000298. The van der Waals surface area contributed by atoms with Crippen LogP contribution in [0.3, 0.4) is 0 Å². The Hall–Kier alpha value is -10.4. The SMILES string of the molecule is CCCPC(F)(F)C(F)(F)F.Cc1cc(-c2c(F)c(F)c(F)c(F)c2F)c(F)c(F)c1F.Cc1cc(-c2c(F)c(F)c(F)c(F)c2F)c(F)c(F)c1F.Cc1cc(-c2c(F)c(F)c(F)c(F)c2F)c(F)c(F)c1F.Cc1cc(-c2c(F)c(F)c(F)c(F)c2F)c(F)c(F)c1F.Fc1ccc(-c2c(F)c(F)c(F)c(F)c2F)c(F)c1F.[O]=[Al][OH]. The van der Waals surface area contributed by atoms with E-state index in [2.05, 4.69) is 0 Å². The number of alkyl halides is 5. The van der Waals surface area contributed by atoms with Crippen LogP contribution >= 0.6 is 8.58 Å². The average molecular weight is 1800 g/mol. The molecule has 0 aliphatic heterocycles. The summed E-state index contributed by atoms with van der Waals surface area (Å²) < 4.78 is 602. The van der Waals surface area contributed by atoms with Gasteiger partial charge in [0.15, 0.2) is 204 Å². The van der Waals surface area contributed by atoms with Crippen molar-refractivity contribution in [2.75, 3.05) is 6.16 Å². The van der Waals surface area contributed by atoms with E-state index in [9.17, 15) is 198 Å². The molecule has 1 unspecified atom stereocenters. The molecule has 0 fully saturated rings. The van der Waals surface area contributed by atoms with Gasteiger partial charge in [-0.2, -0.15) is 22.0 Å². The van der Waals surface area contributed by atoms with E-state index >= 15 is 0 Å². The molecule has 0 saturated carbocycles. The molecule has 10 aromatic rings. The molecule has 0 aliphatic rings. The molecular weight excluding hydrogens is 1770 g/mol. The van der Waals surface area contributed by atoms with Crippen LogP contribution in [0.2, 0.25) is 0 Å². The van der Waals surface area contributed by atoms with Gasteiger partial charge in [0.25, 0.3) is 0 Å². The van der Waals surface area contributed by atoms with E-state index < -0.39 is 346 Å². The number of hydrogen-bond donors (Lipinski definition) is 1. The average Bonchev–Trinajstić information content (AvgIpc) is 0.780. The van der Waals surface area contributed by atoms with Crippen LogP contribution in [-0.2, 0) is 3.80 Å². The maximum atomic E-state index is 13.6. The van der Waals surface area contributed by atoms with Gasteiger partial charge in [-0.3, -0.25) is 0 Å². The molecule has 1 N–H and O–H groups in total. The van der Waals surface area contributed by atoms with Gasteiger partial charge in [0.05, 0.1) is 27.8 Å². The zero-order valence-corrected chi connectivity index (χ0v) is 59.0. The molecule has 0 amide bonds. The van der Waals surface area contributed by atoms with Gasteiger partial charge in [-0.25, -0.2) is 176 Å². The molecule has 118 heavy (non-hydrogen) atoms. The summed E-state index contributed by atoms with van der Waals surface area (Å²) in [5.41, 5.74) is -21.4. The fourth-order valence-electron chi connectivity index (χ4n) is 8.96. The van der Waals surface area contributed by atoms with Crippen molar-refractivity contribution in [2.24, 2.45) is 0 Å². The van der Waals surface area contributed by atoms with Crippen molar-refractivity contribution in [1.29, 1.82) is 0 Å². The van der Waals surface area contributed by atoms with Crippen LogP contribution in [0.4, 0.5) is 198 Å². The second-order valence-electron chi connectivity index (χ2n) is 22.3. The van der Waals surface area contributed by atoms with Crippen molar-refractivity contribution in [3.63, 3.8) is 0 Å². The second kappa shape index (κ2) is 39.5. The molecule has 10 aromatic carbocycles. The van der Waals surface area contributed by atoms with Gasteiger partial charge in [0.2, 0.25) is 29.1 Å². The molecule has 638 valence electrons. The number of benzene rings is 10. The first kappa shape index (κ1) is 100.0. The topological polar surface area (TPSA) is 37.3 Å².